The van der Waals surface area contributed by atoms with Gasteiger partial charge in [0.15, 0.2) is 0 Å². The highest BCUT2D eigenvalue weighted by atomic mass is 16.3. The summed E-state index contributed by atoms with van der Waals surface area (Å²) in [7, 11) is 0. The van der Waals surface area contributed by atoms with Gasteiger partial charge < -0.3 is 4.42 Å². The molecule has 3 nitrogen and oxygen atoms in total. The van der Waals surface area contributed by atoms with Gasteiger partial charge in [0.05, 0.1) is 16.7 Å². The first-order valence-corrected chi connectivity index (χ1v) is 17.9. The molecule has 0 aliphatic rings. The first-order chi connectivity index (χ1) is 26.3. The minimum Gasteiger partial charge on any atom is -0.455 e. The molecule has 10 aromatic rings. The van der Waals surface area contributed by atoms with Crippen LogP contribution in [0.4, 0.5) is 0 Å². The van der Waals surface area contributed by atoms with Crippen LogP contribution < -0.4 is 0 Å². The van der Waals surface area contributed by atoms with Gasteiger partial charge in [-0.1, -0.05) is 170 Å². The van der Waals surface area contributed by atoms with Gasteiger partial charge in [0.25, 0.3) is 0 Å². The van der Waals surface area contributed by atoms with E-state index in [1.807, 2.05) is 24.4 Å². The summed E-state index contributed by atoms with van der Waals surface area (Å²) in [6.07, 6.45) is 1.84. The lowest BCUT2D eigenvalue weighted by molar-refractivity contribution is 0.599. The quantitative estimate of drug-likeness (QED) is 0.165. The van der Waals surface area contributed by atoms with Crippen molar-refractivity contribution < 1.29 is 4.42 Å². The number of rotatable bonds is 6. The average molecular weight is 677 g/mol. The molecule has 0 radical (unpaired) electrons. The molecule has 53 heavy (non-hydrogen) atoms. The molecular weight excluding hydrogens is 645 g/mol. The molecule has 3 heterocycles. The van der Waals surface area contributed by atoms with Crippen molar-refractivity contribution in [2.45, 2.75) is 0 Å². The highest BCUT2D eigenvalue weighted by Crippen LogP contribution is 2.49. The number of pyridine rings is 2. The maximum atomic E-state index is 6.95. The van der Waals surface area contributed by atoms with Crippen molar-refractivity contribution in [2.75, 3.05) is 0 Å². The lowest BCUT2D eigenvalue weighted by atomic mass is 9.89. The molecule has 0 amide bonds. The Hall–Kier alpha value is -7.10. The number of furan rings is 1. The second kappa shape index (κ2) is 12.9. The van der Waals surface area contributed by atoms with Gasteiger partial charge in [-0.05, 0) is 51.2 Å². The zero-order chi connectivity index (χ0) is 35.1. The maximum absolute atomic E-state index is 6.95. The first kappa shape index (κ1) is 30.7. The SMILES string of the molecule is c1ccc(-c2oc(-c3ccccc3)c(-c3cccc(-c4ccc(-c5ccc6ccc7cccnc7c6n5)c5ccccc45)c3)c2-c2ccccc2)cc1. The molecule has 3 heteroatoms. The van der Waals surface area contributed by atoms with Crippen molar-refractivity contribution in [1.29, 1.82) is 0 Å². The number of hydrogen-bond acceptors (Lipinski definition) is 3. The van der Waals surface area contributed by atoms with E-state index in [1.165, 1.54) is 5.39 Å². The van der Waals surface area contributed by atoms with Gasteiger partial charge >= 0.3 is 0 Å². The lowest BCUT2D eigenvalue weighted by Crippen LogP contribution is -1.91. The Balaban J connectivity index is 1.17. The summed E-state index contributed by atoms with van der Waals surface area (Å²) in [4.78, 5) is 9.91. The second-order valence-electron chi connectivity index (χ2n) is 13.3. The monoisotopic (exact) mass is 676 g/mol. The number of fused-ring (bicyclic) bond motifs is 4. The van der Waals surface area contributed by atoms with Crippen LogP contribution in [0.3, 0.4) is 0 Å². The minimum atomic E-state index is 0.852. The molecule has 0 bridgehead atoms. The molecule has 0 spiro atoms. The van der Waals surface area contributed by atoms with Gasteiger partial charge in [-0.3, -0.25) is 4.98 Å². The fraction of sp³-hybridized carbons (Fsp3) is 0. The molecule has 3 aromatic heterocycles. The van der Waals surface area contributed by atoms with Gasteiger partial charge in [0.1, 0.15) is 11.5 Å². The molecule has 0 unspecified atom stereocenters. The summed E-state index contributed by atoms with van der Waals surface area (Å²) < 4.78 is 6.95. The van der Waals surface area contributed by atoms with Crippen LogP contribution in [0.15, 0.2) is 199 Å². The molecule has 0 atom stereocenters. The van der Waals surface area contributed by atoms with E-state index in [1.54, 1.807) is 0 Å². The molecule has 0 saturated heterocycles. The standard InChI is InChI=1S/C50H32N2O/c1-4-14-33(15-5-1)45-46(50(37-18-8-3-9-19-37)53-49(45)36-16-6-2-7-17-36)39-21-12-20-38(32-39)40-28-29-43(42-24-11-10-23-41(40)42)44-30-27-35-26-25-34-22-13-31-51-47(34)48(35)52-44/h1-32H. The zero-order valence-corrected chi connectivity index (χ0v) is 28.8. The predicted molar refractivity (Wildman–Crippen MR) is 219 cm³/mol. The molecule has 0 N–H and O–H groups in total. The van der Waals surface area contributed by atoms with Gasteiger partial charge in [-0.15, -0.1) is 0 Å². The number of aromatic nitrogens is 2. The van der Waals surface area contributed by atoms with E-state index < -0.39 is 0 Å². The van der Waals surface area contributed by atoms with Crippen LogP contribution in [0, 0.1) is 0 Å². The van der Waals surface area contributed by atoms with Crippen LogP contribution in [-0.2, 0) is 0 Å². The molecule has 7 aromatic carbocycles. The van der Waals surface area contributed by atoms with Crippen LogP contribution in [0.25, 0.3) is 99.9 Å². The Bertz CT molecular complexity index is 2930. The van der Waals surface area contributed by atoms with Gasteiger partial charge in [-0.25, -0.2) is 4.98 Å². The Labute approximate surface area is 307 Å². The fourth-order valence-electron chi connectivity index (χ4n) is 7.66. The summed E-state index contributed by atoms with van der Waals surface area (Å²) >= 11 is 0. The summed E-state index contributed by atoms with van der Waals surface area (Å²) in [5, 5.41) is 4.49. The molecule has 248 valence electrons. The van der Waals surface area contributed by atoms with Crippen LogP contribution in [0.2, 0.25) is 0 Å². The van der Waals surface area contributed by atoms with Crippen molar-refractivity contribution >= 4 is 32.6 Å². The van der Waals surface area contributed by atoms with Crippen molar-refractivity contribution in [3.8, 4) is 67.3 Å². The molecule has 10 rings (SSSR count). The van der Waals surface area contributed by atoms with E-state index in [-0.39, 0.29) is 0 Å². The van der Waals surface area contributed by atoms with Gasteiger partial charge in [-0.2, -0.15) is 0 Å². The molecule has 0 aliphatic carbocycles. The topological polar surface area (TPSA) is 38.9 Å². The Morgan fingerprint density at radius 3 is 1.58 bits per heavy atom. The van der Waals surface area contributed by atoms with Crippen molar-refractivity contribution in [2.24, 2.45) is 0 Å². The smallest absolute Gasteiger partial charge is 0.143 e. The third kappa shape index (κ3) is 5.38. The number of hydrogen-bond donors (Lipinski definition) is 0. The number of benzene rings is 7. The molecule has 0 fully saturated rings. The molecule has 0 saturated carbocycles. The first-order valence-electron chi connectivity index (χ1n) is 17.9. The Morgan fingerprint density at radius 1 is 0.358 bits per heavy atom. The largest absolute Gasteiger partial charge is 0.455 e. The van der Waals surface area contributed by atoms with Crippen LogP contribution in [0.5, 0.6) is 0 Å². The maximum Gasteiger partial charge on any atom is 0.143 e. The van der Waals surface area contributed by atoms with E-state index in [0.29, 0.717) is 0 Å². The minimum absolute atomic E-state index is 0.852. The average Bonchev–Trinajstić information content (AvgIpc) is 3.65. The predicted octanol–water partition coefficient (Wildman–Crippen LogP) is 13.5. The lowest BCUT2D eigenvalue weighted by Gasteiger charge is -2.14. The zero-order valence-electron chi connectivity index (χ0n) is 28.8. The molecular formula is C50H32N2O. The van der Waals surface area contributed by atoms with E-state index in [2.05, 4.69) is 170 Å². The van der Waals surface area contributed by atoms with Crippen molar-refractivity contribution in [3.63, 3.8) is 0 Å². The molecule has 0 aliphatic heterocycles. The number of nitrogens with zero attached hydrogens (tertiary/aromatic N) is 2. The van der Waals surface area contributed by atoms with Gasteiger partial charge in [0.2, 0.25) is 0 Å². The second-order valence-corrected chi connectivity index (χ2v) is 13.3. The third-order valence-electron chi connectivity index (χ3n) is 10.1. The highest BCUT2D eigenvalue weighted by Gasteiger charge is 2.25. The van der Waals surface area contributed by atoms with Crippen LogP contribution in [0.1, 0.15) is 0 Å². The van der Waals surface area contributed by atoms with E-state index in [4.69, 9.17) is 14.4 Å². The third-order valence-corrected chi connectivity index (χ3v) is 10.1. The fourth-order valence-corrected chi connectivity index (χ4v) is 7.66. The van der Waals surface area contributed by atoms with E-state index in [0.717, 1.165) is 94.5 Å². The summed E-state index contributed by atoms with van der Waals surface area (Å²) in [6, 6.07) is 66.0. The van der Waals surface area contributed by atoms with E-state index in [9.17, 15) is 0 Å². The van der Waals surface area contributed by atoms with Crippen LogP contribution in [-0.4, -0.2) is 9.97 Å². The van der Waals surface area contributed by atoms with Gasteiger partial charge in [0, 0.05) is 44.8 Å². The van der Waals surface area contributed by atoms with Crippen LogP contribution >= 0.6 is 0 Å². The van der Waals surface area contributed by atoms with Crippen molar-refractivity contribution in [3.05, 3.63) is 194 Å². The summed E-state index contributed by atoms with van der Waals surface area (Å²) in [5.74, 6) is 1.71. The highest BCUT2D eigenvalue weighted by molar-refractivity contribution is 6.08. The van der Waals surface area contributed by atoms with E-state index >= 15 is 0 Å². The summed E-state index contributed by atoms with van der Waals surface area (Å²) in [6.45, 7) is 0. The Kier molecular flexibility index (Phi) is 7.47. The summed E-state index contributed by atoms with van der Waals surface area (Å²) in [5.41, 5.74) is 12.6. The Morgan fingerprint density at radius 2 is 0.887 bits per heavy atom. The normalized spacial score (nSPS) is 11.4. The van der Waals surface area contributed by atoms with Crippen molar-refractivity contribution in [1.82, 2.24) is 9.97 Å².